The Hall–Kier alpha value is -0.650. The minimum atomic E-state index is -0.656. The molecule has 1 aliphatic heterocycles. The Labute approximate surface area is 96.2 Å². The topological polar surface area (TPSA) is 70.8 Å². The van der Waals surface area contributed by atoms with E-state index in [1.807, 2.05) is 13.8 Å². The molecule has 1 fully saturated rings. The number of ether oxygens (including phenoxy) is 3. The fourth-order valence-electron chi connectivity index (χ4n) is 1.98. The van der Waals surface area contributed by atoms with Gasteiger partial charge >= 0.3 is 5.97 Å². The van der Waals surface area contributed by atoms with Gasteiger partial charge in [-0.15, -0.1) is 0 Å². The second-order valence-electron chi connectivity index (χ2n) is 4.47. The van der Waals surface area contributed by atoms with E-state index in [2.05, 4.69) is 4.74 Å². The smallest absolute Gasteiger partial charge is 0.308 e. The Bertz CT molecular complexity index is 242. The predicted octanol–water partition coefficient (Wildman–Crippen LogP) is 0.808. The Morgan fingerprint density at radius 2 is 2.06 bits per heavy atom. The molecule has 0 spiro atoms. The number of esters is 1. The molecule has 2 unspecified atom stereocenters. The normalized spacial score (nSPS) is 28.8. The lowest BCUT2D eigenvalue weighted by Gasteiger charge is -2.40. The average Bonchev–Trinajstić information content (AvgIpc) is 2.15. The first-order valence-electron chi connectivity index (χ1n) is 5.59. The van der Waals surface area contributed by atoms with Crippen LogP contribution >= 0.6 is 0 Å². The first-order valence-corrected chi connectivity index (χ1v) is 5.59. The van der Waals surface area contributed by atoms with Gasteiger partial charge in [0.1, 0.15) is 0 Å². The molecule has 5 nitrogen and oxygen atoms in total. The average molecular weight is 231 g/mol. The van der Waals surface area contributed by atoms with Gasteiger partial charge in [0.2, 0.25) is 0 Å². The summed E-state index contributed by atoms with van der Waals surface area (Å²) in [6.45, 7) is 4.27. The highest BCUT2D eigenvalue weighted by molar-refractivity contribution is 5.69. The molecule has 0 aromatic carbocycles. The fraction of sp³-hybridized carbons (Fsp3) is 0.909. The van der Waals surface area contributed by atoms with Gasteiger partial charge in [-0.1, -0.05) is 0 Å². The number of carbonyl (C=O) groups is 1. The largest absolute Gasteiger partial charge is 0.469 e. The standard InChI is InChI=1S/C11H21NO4/c1-11(2)15-8(4-5-12)6-9(16-11)7-10(13)14-3/h8-9H,4-7,12H2,1-3H3. The summed E-state index contributed by atoms with van der Waals surface area (Å²) in [6, 6.07) is 0. The molecule has 5 heteroatoms. The SMILES string of the molecule is COC(=O)CC1CC(CCN)OC(C)(C)O1. The number of hydrogen-bond donors (Lipinski definition) is 1. The van der Waals surface area contributed by atoms with Gasteiger partial charge in [-0.25, -0.2) is 0 Å². The maximum Gasteiger partial charge on any atom is 0.308 e. The minimum Gasteiger partial charge on any atom is -0.469 e. The zero-order chi connectivity index (χ0) is 12.2. The first-order chi connectivity index (χ1) is 7.46. The van der Waals surface area contributed by atoms with Crippen LogP contribution in [0.4, 0.5) is 0 Å². The highest BCUT2D eigenvalue weighted by Crippen LogP contribution is 2.29. The van der Waals surface area contributed by atoms with Crippen LogP contribution in [-0.2, 0) is 19.0 Å². The van der Waals surface area contributed by atoms with Gasteiger partial charge in [0.05, 0.1) is 25.7 Å². The van der Waals surface area contributed by atoms with E-state index in [-0.39, 0.29) is 24.6 Å². The Morgan fingerprint density at radius 3 is 2.62 bits per heavy atom. The zero-order valence-electron chi connectivity index (χ0n) is 10.2. The molecule has 2 atom stereocenters. The van der Waals surface area contributed by atoms with E-state index in [4.69, 9.17) is 15.2 Å². The molecule has 0 aromatic rings. The summed E-state index contributed by atoms with van der Waals surface area (Å²) in [6.07, 6.45) is 1.65. The van der Waals surface area contributed by atoms with Gasteiger partial charge < -0.3 is 19.9 Å². The van der Waals surface area contributed by atoms with Gasteiger partial charge in [-0.05, 0) is 26.8 Å². The zero-order valence-corrected chi connectivity index (χ0v) is 10.2. The highest BCUT2D eigenvalue weighted by atomic mass is 16.7. The highest BCUT2D eigenvalue weighted by Gasteiger charge is 2.36. The molecule has 0 aliphatic carbocycles. The van der Waals surface area contributed by atoms with Gasteiger partial charge in [0, 0.05) is 6.42 Å². The van der Waals surface area contributed by atoms with Crippen LogP contribution in [0.1, 0.15) is 33.1 Å². The molecular weight excluding hydrogens is 210 g/mol. The van der Waals surface area contributed by atoms with E-state index in [0.29, 0.717) is 13.0 Å². The van der Waals surface area contributed by atoms with Crippen LogP contribution in [0.15, 0.2) is 0 Å². The summed E-state index contributed by atoms with van der Waals surface area (Å²) in [5.74, 6) is -0.911. The van der Waals surface area contributed by atoms with Gasteiger partial charge in [0.25, 0.3) is 0 Å². The minimum absolute atomic E-state index is 0.0587. The number of rotatable bonds is 4. The quantitative estimate of drug-likeness (QED) is 0.725. The maximum atomic E-state index is 11.2. The molecule has 0 aromatic heterocycles. The molecular formula is C11H21NO4. The molecule has 1 heterocycles. The number of nitrogens with two attached hydrogens (primary N) is 1. The number of hydrogen-bond acceptors (Lipinski definition) is 5. The Morgan fingerprint density at radius 1 is 1.44 bits per heavy atom. The third-order valence-corrected chi connectivity index (χ3v) is 2.54. The van der Waals surface area contributed by atoms with E-state index in [9.17, 15) is 4.79 Å². The lowest BCUT2D eigenvalue weighted by Crippen LogP contribution is -2.45. The fourth-order valence-corrected chi connectivity index (χ4v) is 1.98. The third kappa shape index (κ3) is 4.08. The van der Waals surface area contributed by atoms with Gasteiger partial charge in [-0.3, -0.25) is 4.79 Å². The van der Waals surface area contributed by atoms with Crippen molar-refractivity contribution in [3.63, 3.8) is 0 Å². The van der Waals surface area contributed by atoms with Crippen molar-refractivity contribution in [3.8, 4) is 0 Å². The van der Waals surface area contributed by atoms with Crippen LogP contribution in [0.5, 0.6) is 0 Å². The molecule has 2 N–H and O–H groups in total. The van der Waals surface area contributed by atoms with Crippen molar-refractivity contribution in [2.24, 2.45) is 5.73 Å². The van der Waals surface area contributed by atoms with Crippen LogP contribution in [0, 0.1) is 0 Å². The second-order valence-corrected chi connectivity index (χ2v) is 4.47. The van der Waals surface area contributed by atoms with Crippen molar-refractivity contribution in [3.05, 3.63) is 0 Å². The van der Waals surface area contributed by atoms with E-state index in [1.165, 1.54) is 7.11 Å². The monoisotopic (exact) mass is 231 g/mol. The molecule has 94 valence electrons. The van der Waals surface area contributed by atoms with E-state index < -0.39 is 5.79 Å². The Kier molecular flexibility index (Phi) is 4.70. The van der Waals surface area contributed by atoms with E-state index in [0.717, 1.165) is 6.42 Å². The molecule has 0 saturated carbocycles. The van der Waals surface area contributed by atoms with Gasteiger partial charge in [0.15, 0.2) is 5.79 Å². The van der Waals surface area contributed by atoms with Crippen molar-refractivity contribution < 1.29 is 19.0 Å². The first kappa shape index (κ1) is 13.4. The molecule has 1 aliphatic rings. The summed E-state index contributed by atoms with van der Waals surface area (Å²) in [5.41, 5.74) is 5.51. The molecule has 0 radical (unpaired) electrons. The van der Waals surface area contributed by atoms with Crippen molar-refractivity contribution in [1.82, 2.24) is 0 Å². The second kappa shape index (κ2) is 5.61. The molecule has 1 saturated heterocycles. The molecule has 0 bridgehead atoms. The lowest BCUT2D eigenvalue weighted by atomic mass is 10.0. The predicted molar refractivity (Wildman–Crippen MR) is 58.7 cm³/mol. The third-order valence-electron chi connectivity index (χ3n) is 2.54. The summed E-state index contributed by atoms with van der Waals surface area (Å²) < 4.78 is 16.0. The van der Waals surface area contributed by atoms with Crippen molar-refractivity contribution in [2.45, 2.75) is 51.1 Å². The summed E-state index contributed by atoms with van der Waals surface area (Å²) in [7, 11) is 1.38. The maximum absolute atomic E-state index is 11.2. The van der Waals surface area contributed by atoms with Crippen molar-refractivity contribution >= 4 is 5.97 Å². The lowest BCUT2D eigenvalue weighted by molar-refractivity contribution is -0.300. The summed E-state index contributed by atoms with van der Waals surface area (Å²) in [5, 5.41) is 0. The summed E-state index contributed by atoms with van der Waals surface area (Å²) >= 11 is 0. The van der Waals surface area contributed by atoms with Crippen LogP contribution in [0.3, 0.4) is 0 Å². The summed E-state index contributed by atoms with van der Waals surface area (Å²) in [4.78, 5) is 11.2. The Balaban J connectivity index is 2.54. The van der Waals surface area contributed by atoms with E-state index >= 15 is 0 Å². The molecule has 1 rings (SSSR count). The molecule has 0 amide bonds. The number of carbonyl (C=O) groups excluding carboxylic acids is 1. The number of methoxy groups -OCH3 is 1. The van der Waals surface area contributed by atoms with Crippen LogP contribution in [0.25, 0.3) is 0 Å². The van der Waals surface area contributed by atoms with Crippen LogP contribution < -0.4 is 5.73 Å². The van der Waals surface area contributed by atoms with E-state index in [1.54, 1.807) is 0 Å². The van der Waals surface area contributed by atoms with Crippen LogP contribution in [-0.4, -0.2) is 37.6 Å². The molecule has 16 heavy (non-hydrogen) atoms. The van der Waals surface area contributed by atoms with Crippen LogP contribution in [0.2, 0.25) is 0 Å². The van der Waals surface area contributed by atoms with Crippen molar-refractivity contribution in [1.29, 1.82) is 0 Å². The van der Waals surface area contributed by atoms with Gasteiger partial charge in [-0.2, -0.15) is 0 Å². The van der Waals surface area contributed by atoms with Crippen molar-refractivity contribution in [2.75, 3.05) is 13.7 Å².